The minimum Gasteiger partial charge on any atom is -0.383 e. The van der Waals surface area contributed by atoms with Gasteiger partial charge in [-0.3, -0.25) is 0 Å². The molecule has 0 saturated heterocycles. The Balaban J connectivity index is 1.79. The van der Waals surface area contributed by atoms with Crippen LogP contribution >= 0.6 is 15.9 Å². The highest BCUT2D eigenvalue weighted by molar-refractivity contribution is 9.10. The highest BCUT2D eigenvalue weighted by atomic mass is 79.9. The number of aliphatic imine (C=N–C) groups is 1. The molecule has 3 aromatic rings. The summed E-state index contributed by atoms with van der Waals surface area (Å²) in [5, 5.41) is 8.19. The fourth-order valence-corrected chi connectivity index (χ4v) is 4.36. The van der Waals surface area contributed by atoms with Crippen molar-refractivity contribution in [2.75, 3.05) is 5.32 Å². The van der Waals surface area contributed by atoms with Crippen LogP contribution in [0.25, 0.3) is 5.52 Å². The van der Waals surface area contributed by atoms with Crippen molar-refractivity contribution in [2.24, 2.45) is 10.7 Å². The first-order valence-electron chi connectivity index (χ1n) is 10.1. The van der Waals surface area contributed by atoms with E-state index in [2.05, 4.69) is 31.3 Å². The Kier molecular flexibility index (Phi) is 5.85. The summed E-state index contributed by atoms with van der Waals surface area (Å²) in [6, 6.07) is 7.06. The molecule has 0 atom stereocenters. The fraction of sp³-hybridized carbons (Fsp3) is 0.364. The van der Waals surface area contributed by atoms with Crippen molar-refractivity contribution < 1.29 is 4.39 Å². The molecule has 2 aromatic heterocycles. The molecule has 2 heterocycles. The van der Waals surface area contributed by atoms with Crippen molar-refractivity contribution in [1.29, 1.82) is 0 Å². The van der Waals surface area contributed by atoms with Crippen LogP contribution in [-0.2, 0) is 6.42 Å². The Morgan fingerprint density at radius 3 is 2.86 bits per heavy atom. The lowest BCUT2D eigenvalue weighted by Crippen LogP contribution is -2.25. The minimum atomic E-state index is -0.321. The van der Waals surface area contributed by atoms with Crippen molar-refractivity contribution in [1.82, 2.24) is 9.61 Å². The predicted molar refractivity (Wildman–Crippen MR) is 120 cm³/mol. The van der Waals surface area contributed by atoms with Gasteiger partial charge < -0.3 is 11.1 Å². The lowest BCUT2D eigenvalue weighted by molar-refractivity contribution is 0.463. The van der Waals surface area contributed by atoms with E-state index in [1.54, 1.807) is 12.3 Å². The Bertz CT molecular complexity index is 1050. The Hall–Kier alpha value is -2.41. The first-order chi connectivity index (χ1) is 14.0. The van der Waals surface area contributed by atoms with Gasteiger partial charge in [0.25, 0.3) is 0 Å². The number of nitrogens with one attached hydrogen (secondary N) is 1. The van der Waals surface area contributed by atoms with E-state index >= 15 is 0 Å². The lowest BCUT2D eigenvalue weighted by atomic mass is 9.95. The summed E-state index contributed by atoms with van der Waals surface area (Å²) in [5.41, 5.74) is 10.5. The molecular weight excluding hydrogens is 433 g/mol. The third kappa shape index (κ3) is 4.29. The van der Waals surface area contributed by atoms with E-state index in [1.807, 2.05) is 23.7 Å². The number of hydrogen-bond donors (Lipinski definition) is 2. The van der Waals surface area contributed by atoms with Gasteiger partial charge in [-0.15, -0.1) is 0 Å². The quantitative estimate of drug-likeness (QED) is 0.388. The van der Waals surface area contributed by atoms with Crippen LogP contribution in [0.2, 0.25) is 0 Å². The van der Waals surface area contributed by atoms with Gasteiger partial charge in [-0.1, -0.05) is 32.3 Å². The molecule has 1 aromatic carbocycles. The van der Waals surface area contributed by atoms with Gasteiger partial charge in [0.1, 0.15) is 11.7 Å². The molecule has 5 nitrogen and oxygen atoms in total. The third-order valence-electron chi connectivity index (χ3n) is 5.50. The number of fused-ring (bicyclic) bond motifs is 1. The topological polar surface area (TPSA) is 67.7 Å². The second-order valence-electron chi connectivity index (χ2n) is 7.52. The van der Waals surface area contributed by atoms with Gasteiger partial charge >= 0.3 is 0 Å². The molecule has 0 unspecified atom stereocenters. The number of hydrogen-bond acceptors (Lipinski definition) is 3. The van der Waals surface area contributed by atoms with E-state index in [4.69, 9.17) is 5.73 Å². The molecule has 152 valence electrons. The maximum absolute atomic E-state index is 13.8. The minimum absolute atomic E-state index is 0.321. The molecule has 29 heavy (non-hydrogen) atoms. The summed E-state index contributed by atoms with van der Waals surface area (Å²) in [5.74, 6) is 0.00864. The van der Waals surface area contributed by atoms with Gasteiger partial charge in [-0.05, 0) is 59.0 Å². The molecule has 0 radical (unpaired) electrons. The Labute approximate surface area is 178 Å². The average Bonchev–Trinajstić information content (AvgIpc) is 3.10. The number of rotatable bonds is 5. The summed E-state index contributed by atoms with van der Waals surface area (Å²) >= 11 is 3.53. The zero-order valence-electron chi connectivity index (χ0n) is 16.5. The second-order valence-corrected chi connectivity index (χ2v) is 8.44. The van der Waals surface area contributed by atoms with Crippen molar-refractivity contribution >= 4 is 38.7 Å². The van der Waals surface area contributed by atoms with Crippen LogP contribution in [0.5, 0.6) is 0 Å². The van der Waals surface area contributed by atoms with Gasteiger partial charge in [0.05, 0.1) is 28.7 Å². The number of benzene rings is 1. The van der Waals surface area contributed by atoms with Gasteiger partial charge in [-0.2, -0.15) is 5.10 Å². The summed E-state index contributed by atoms with van der Waals surface area (Å²) in [6.45, 7) is 2.02. The summed E-state index contributed by atoms with van der Waals surface area (Å²) in [6.07, 6.45) is 10.4. The molecule has 3 N–H and O–H groups in total. The smallest absolute Gasteiger partial charge is 0.135 e. The lowest BCUT2D eigenvalue weighted by Gasteiger charge is -2.25. The molecule has 0 bridgehead atoms. The van der Waals surface area contributed by atoms with Gasteiger partial charge in [0, 0.05) is 16.7 Å². The van der Waals surface area contributed by atoms with Crippen LogP contribution in [0.15, 0.2) is 46.1 Å². The highest BCUT2D eigenvalue weighted by Gasteiger charge is 2.19. The van der Waals surface area contributed by atoms with Crippen LogP contribution in [0.4, 0.5) is 15.8 Å². The van der Waals surface area contributed by atoms with Crippen LogP contribution in [-0.4, -0.2) is 21.5 Å². The average molecular weight is 458 g/mol. The van der Waals surface area contributed by atoms with E-state index < -0.39 is 0 Å². The van der Waals surface area contributed by atoms with E-state index in [0.29, 0.717) is 17.6 Å². The normalized spacial score (nSPS) is 15.8. The van der Waals surface area contributed by atoms with E-state index in [9.17, 15) is 4.39 Å². The summed E-state index contributed by atoms with van der Waals surface area (Å²) in [4.78, 5) is 4.58. The fourth-order valence-electron chi connectivity index (χ4n) is 3.95. The summed E-state index contributed by atoms with van der Waals surface area (Å²) in [7, 11) is 0. The molecule has 1 fully saturated rings. The molecule has 7 heteroatoms. The van der Waals surface area contributed by atoms with Crippen molar-refractivity contribution in [3.63, 3.8) is 0 Å². The van der Waals surface area contributed by atoms with Crippen LogP contribution < -0.4 is 11.1 Å². The monoisotopic (exact) mass is 457 g/mol. The van der Waals surface area contributed by atoms with Gasteiger partial charge in [0.2, 0.25) is 0 Å². The number of halogens is 2. The number of amidine groups is 1. The van der Waals surface area contributed by atoms with Gasteiger partial charge in [0.15, 0.2) is 0 Å². The van der Waals surface area contributed by atoms with Crippen molar-refractivity contribution in [2.45, 2.75) is 51.5 Å². The Morgan fingerprint density at radius 1 is 1.31 bits per heavy atom. The third-order valence-corrected chi connectivity index (χ3v) is 5.94. The van der Waals surface area contributed by atoms with Gasteiger partial charge in [-0.25, -0.2) is 13.9 Å². The predicted octanol–water partition coefficient (Wildman–Crippen LogP) is 5.58. The van der Waals surface area contributed by atoms with E-state index in [-0.39, 0.29) is 5.82 Å². The maximum atomic E-state index is 13.8. The SMILES string of the molecule is CCc1ccc(F)cc1N=C(N)c1cnn2cc(Br)cc2c1NC1CCCCC1. The molecular formula is C22H25BrFN5. The largest absolute Gasteiger partial charge is 0.383 e. The van der Waals surface area contributed by atoms with Crippen LogP contribution in [0.3, 0.4) is 0 Å². The molecule has 0 aliphatic heterocycles. The second kappa shape index (κ2) is 8.53. The standard InChI is InChI=1S/C22H25BrFN5/c1-2-14-8-9-16(24)11-19(14)28-22(25)18-12-26-29-13-15(23)10-20(29)21(18)27-17-6-4-3-5-7-17/h8-13,17,27H,2-7H2,1H3,(H2,25,28). The van der Waals surface area contributed by atoms with Crippen molar-refractivity contribution in [3.8, 4) is 0 Å². The summed E-state index contributed by atoms with van der Waals surface area (Å²) < 4.78 is 16.6. The first-order valence-corrected chi connectivity index (χ1v) is 10.9. The van der Waals surface area contributed by atoms with Crippen molar-refractivity contribution in [3.05, 3.63) is 58.1 Å². The molecule has 4 rings (SSSR count). The molecule has 1 aliphatic rings. The Morgan fingerprint density at radius 2 is 2.10 bits per heavy atom. The number of nitrogens with zero attached hydrogens (tertiary/aromatic N) is 3. The van der Waals surface area contributed by atoms with Crippen LogP contribution in [0.1, 0.15) is 50.2 Å². The first kappa shape index (κ1) is 19.9. The molecule has 0 amide bonds. The van der Waals surface area contributed by atoms with E-state index in [1.165, 1.54) is 31.4 Å². The number of nitrogens with two attached hydrogens (primary N) is 1. The highest BCUT2D eigenvalue weighted by Crippen LogP contribution is 2.30. The molecule has 1 aliphatic carbocycles. The number of aromatic nitrogens is 2. The number of aryl methyl sites for hydroxylation is 1. The molecule has 1 saturated carbocycles. The zero-order chi connectivity index (χ0) is 20.4. The van der Waals surface area contributed by atoms with E-state index in [0.717, 1.165) is 46.1 Å². The maximum Gasteiger partial charge on any atom is 0.135 e. The van der Waals surface area contributed by atoms with Crippen LogP contribution in [0, 0.1) is 5.82 Å². The molecule has 0 spiro atoms. The zero-order valence-corrected chi connectivity index (χ0v) is 18.0. The number of anilines is 1.